The van der Waals surface area contributed by atoms with Crippen LogP contribution in [-0.2, 0) is 0 Å². The molecule has 3 aromatic heterocycles. The maximum atomic E-state index is 13.0. The average Bonchev–Trinajstić information content (AvgIpc) is 3.16. The van der Waals surface area contributed by atoms with E-state index in [1.165, 1.54) is 7.11 Å². The van der Waals surface area contributed by atoms with Crippen molar-refractivity contribution in [1.29, 1.82) is 0 Å². The van der Waals surface area contributed by atoms with Crippen molar-refractivity contribution in [3.63, 3.8) is 0 Å². The number of aromatic nitrogens is 2. The number of rotatable bonds is 4. The minimum Gasteiger partial charge on any atom is -0.495 e. The Kier molecular flexibility index (Phi) is 5.43. The van der Waals surface area contributed by atoms with Crippen molar-refractivity contribution in [2.45, 2.75) is 6.92 Å². The molecular formula is C24H16ClN3O5S. The first-order valence-corrected chi connectivity index (χ1v) is 11.3. The van der Waals surface area contributed by atoms with Crippen molar-refractivity contribution in [3.8, 4) is 17.1 Å². The van der Waals surface area contributed by atoms with Crippen molar-refractivity contribution < 1.29 is 13.9 Å². The number of para-hydroxylation sites is 2. The van der Waals surface area contributed by atoms with Crippen molar-refractivity contribution in [2.24, 2.45) is 0 Å². The van der Waals surface area contributed by atoms with Gasteiger partial charge in [0, 0.05) is 10.4 Å². The lowest BCUT2D eigenvalue weighted by Crippen LogP contribution is -2.14. The summed E-state index contributed by atoms with van der Waals surface area (Å²) in [5.41, 5.74) is 0.325. The predicted molar refractivity (Wildman–Crippen MR) is 132 cm³/mol. The number of aromatic amines is 1. The summed E-state index contributed by atoms with van der Waals surface area (Å²) in [6.07, 6.45) is 0. The molecule has 0 saturated carbocycles. The fraction of sp³-hybridized carbons (Fsp3) is 0.0833. The Morgan fingerprint density at radius 3 is 2.76 bits per heavy atom. The molecule has 0 aliphatic carbocycles. The van der Waals surface area contributed by atoms with Crippen LogP contribution in [0.15, 0.2) is 62.5 Å². The zero-order valence-electron chi connectivity index (χ0n) is 17.9. The van der Waals surface area contributed by atoms with E-state index in [2.05, 4.69) is 15.3 Å². The second-order valence-electron chi connectivity index (χ2n) is 7.43. The number of benzene rings is 2. The van der Waals surface area contributed by atoms with Crippen LogP contribution in [0.5, 0.6) is 5.75 Å². The molecular weight excluding hydrogens is 478 g/mol. The molecule has 5 aromatic rings. The van der Waals surface area contributed by atoms with Crippen LogP contribution in [0.1, 0.15) is 15.2 Å². The fourth-order valence-electron chi connectivity index (χ4n) is 3.67. The van der Waals surface area contributed by atoms with Gasteiger partial charge in [-0.25, -0.2) is 9.78 Å². The highest BCUT2D eigenvalue weighted by atomic mass is 35.5. The van der Waals surface area contributed by atoms with E-state index in [0.29, 0.717) is 42.7 Å². The first kappa shape index (κ1) is 21.9. The molecule has 34 heavy (non-hydrogen) atoms. The topological polar surface area (TPSA) is 114 Å². The summed E-state index contributed by atoms with van der Waals surface area (Å²) in [5, 5.41) is 4.16. The smallest absolute Gasteiger partial charge is 0.347 e. The Balaban J connectivity index is 1.60. The zero-order chi connectivity index (χ0) is 24.0. The van der Waals surface area contributed by atoms with Gasteiger partial charge < -0.3 is 19.5 Å². The second-order valence-corrected chi connectivity index (χ2v) is 8.87. The van der Waals surface area contributed by atoms with Crippen molar-refractivity contribution >= 4 is 55.7 Å². The van der Waals surface area contributed by atoms with Crippen LogP contribution in [0.4, 0.5) is 5.69 Å². The van der Waals surface area contributed by atoms with Gasteiger partial charge in [-0.2, -0.15) is 0 Å². The summed E-state index contributed by atoms with van der Waals surface area (Å²) in [5.74, 6) is 0.160. The number of ether oxygens (including phenoxy) is 1. The molecule has 0 radical (unpaired) electrons. The summed E-state index contributed by atoms with van der Waals surface area (Å²) in [7, 11) is 1.51. The number of carbonyl (C=O) groups excluding carboxylic acids is 1. The third-order valence-corrected chi connectivity index (χ3v) is 6.73. The number of amides is 1. The maximum Gasteiger partial charge on any atom is 0.347 e. The molecule has 0 spiro atoms. The van der Waals surface area contributed by atoms with Gasteiger partial charge in [-0.1, -0.05) is 23.7 Å². The number of hydrogen-bond donors (Lipinski definition) is 2. The van der Waals surface area contributed by atoms with Gasteiger partial charge in [0.25, 0.3) is 11.5 Å². The second kappa shape index (κ2) is 8.44. The molecule has 3 heterocycles. The first-order valence-electron chi connectivity index (χ1n) is 10.1. The van der Waals surface area contributed by atoms with Gasteiger partial charge in [-0.05, 0) is 48.9 Å². The van der Waals surface area contributed by atoms with Crippen LogP contribution in [0.25, 0.3) is 32.6 Å². The molecule has 2 aromatic carbocycles. The lowest BCUT2D eigenvalue weighted by atomic mass is 10.1. The fourth-order valence-corrected chi connectivity index (χ4v) is 4.93. The predicted octanol–water partition coefficient (Wildman–Crippen LogP) is 4.98. The summed E-state index contributed by atoms with van der Waals surface area (Å²) >= 11 is 7.11. The molecule has 0 aliphatic rings. The lowest BCUT2D eigenvalue weighted by molar-refractivity contribution is 0.102. The quantitative estimate of drug-likeness (QED) is 0.341. The minimum atomic E-state index is -0.653. The number of H-pyrrole nitrogens is 1. The number of hydrogen-bond acceptors (Lipinski definition) is 7. The van der Waals surface area contributed by atoms with E-state index in [-0.39, 0.29) is 16.8 Å². The normalized spacial score (nSPS) is 11.1. The van der Waals surface area contributed by atoms with Crippen molar-refractivity contribution in [3.05, 3.63) is 84.8 Å². The number of halogens is 1. The van der Waals surface area contributed by atoms with E-state index in [1.54, 1.807) is 55.5 Å². The number of methoxy groups -OCH3 is 1. The summed E-state index contributed by atoms with van der Waals surface area (Å²) in [6, 6.07) is 13.4. The number of thiophene rings is 1. The summed E-state index contributed by atoms with van der Waals surface area (Å²) < 4.78 is 10.6. The van der Waals surface area contributed by atoms with Crippen LogP contribution >= 0.6 is 22.9 Å². The Morgan fingerprint density at radius 1 is 1.18 bits per heavy atom. The van der Waals surface area contributed by atoms with Crippen LogP contribution in [-0.4, -0.2) is 23.0 Å². The highest BCUT2D eigenvalue weighted by molar-refractivity contribution is 7.20. The number of aryl methyl sites for hydroxylation is 1. The van der Waals surface area contributed by atoms with E-state index < -0.39 is 17.1 Å². The van der Waals surface area contributed by atoms with E-state index >= 15 is 0 Å². The summed E-state index contributed by atoms with van der Waals surface area (Å²) in [4.78, 5) is 46.3. The maximum absolute atomic E-state index is 13.0. The molecule has 0 atom stereocenters. The average molecular weight is 494 g/mol. The van der Waals surface area contributed by atoms with Crippen LogP contribution in [0, 0.1) is 6.92 Å². The number of carbonyl (C=O) groups is 1. The minimum absolute atomic E-state index is 0.0473. The molecule has 5 rings (SSSR count). The van der Waals surface area contributed by atoms with Crippen LogP contribution in [0.3, 0.4) is 0 Å². The molecule has 1 amide bonds. The van der Waals surface area contributed by atoms with Crippen molar-refractivity contribution in [1.82, 2.24) is 9.97 Å². The Bertz CT molecular complexity index is 1720. The van der Waals surface area contributed by atoms with Crippen LogP contribution in [0.2, 0.25) is 5.02 Å². The van der Waals surface area contributed by atoms with E-state index in [9.17, 15) is 14.4 Å². The first-order chi connectivity index (χ1) is 16.4. The SMILES string of the molecule is COc1ccccc1NC(=O)c1sc2nc(-c3cc4cc(Cl)ccc4oc3=O)[nH]c(=O)c2c1C. The highest BCUT2D eigenvalue weighted by Crippen LogP contribution is 2.31. The van der Waals surface area contributed by atoms with Crippen molar-refractivity contribution in [2.75, 3.05) is 12.4 Å². The van der Waals surface area contributed by atoms with Gasteiger partial charge in [-0.15, -0.1) is 11.3 Å². The number of nitrogens with one attached hydrogen (secondary N) is 2. The number of anilines is 1. The molecule has 10 heteroatoms. The summed E-state index contributed by atoms with van der Waals surface area (Å²) in [6.45, 7) is 1.68. The van der Waals surface area contributed by atoms with Gasteiger partial charge in [0.05, 0.1) is 23.1 Å². The van der Waals surface area contributed by atoms with E-state index in [1.807, 2.05) is 0 Å². The van der Waals surface area contributed by atoms with Gasteiger partial charge in [0.15, 0.2) is 0 Å². The third-order valence-electron chi connectivity index (χ3n) is 5.31. The van der Waals surface area contributed by atoms with E-state index in [4.69, 9.17) is 20.8 Å². The van der Waals surface area contributed by atoms with Gasteiger partial charge >= 0.3 is 5.63 Å². The Hall–Kier alpha value is -3.95. The standard InChI is InChI=1S/C24H16ClN3O5S/c1-11-18-21(29)27-20(14-10-12-9-13(25)7-8-16(12)33-24(14)31)28-23(18)34-19(11)22(30)26-15-5-3-4-6-17(15)32-2/h3-10H,1-2H3,(H,26,30)(H,27,28,29). The number of fused-ring (bicyclic) bond motifs is 2. The molecule has 0 fully saturated rings. The van der Waals surface area contributed by atoms with Gasteiger partial charge in [-0.3, -0.25) is 9.59 Å². The Labute approximate surface area is 200 Å². The van der Waals surface area contributed by atoms with Gasteiger partial charge in [0.1, 0.15) is 27.6 Å². The molecule has 8 nitrogen and oxygen atoms in total. The molecule has 0 bridgehead atoms. The molecule has 0 aliphatic heterocycles. The third kappa shape index (κ3) is 3.74. The highest BCUT2D eigenvalue weighted by Gasteiger charge is 2.21. The number of nitrogens with zero attached hydrogens (tertiary/aromatic N) is 1. The molecule has 0 saturated heterocycles. The molecule has 170 valence electrons. The lowest BCUT2D eigenvalue weighted by Gasteiger charge is -2.09. The van der Waals surface area contributed by atoms with E-state index in [0.717, 1.165) is 11.3 Å². The largest absolute Gasteiger partial charge is 0.495 e. The zero-order valence-corrected chi connectivity index (χ0v) is 19.5. The van der Waals surface area contributed by atoms with Crippen LogP contribution < -0.4 is 21.2 Å². The van der Waals surface area contributed by atoms with Gasteiger partial charge in [0.2, 0.25) is 0 Å². The Morgan fingerprint density at radius 2 is 1.97 bits per heavy atom. The monoisotopic (exact) mass is 493 g/mol. The molecule has 2 N–H and O–H groups in total. The molecule has 0 unspecified atom stereocenters.